The summed E-state index contributed by atoms with van der Waals surface area (Å²) >= 11 is 0. The summed E-state index contributed by atoms with van der Waals surface area (Å²) in [4.78, 5) is 26.0. The first-order valence-corrected chi connectivity index (χ1v) is 11.1. The number of benzene rings is 2. The largest absolute Gasteiger partial charge is 0.489 e. The predicted molar refractivity (Wildman–Crippen MR) is 126 cm³/mol. The number of para-hydroxylation sites is 2. The molecule has 0 aliphatic carbocycles. The third-order valence-corrected chi connectivity index (χ3v) is 6.08. The van der Waals surface area contributed by atoms with E-state index in [1.165, 1.54) is 6.07 Å². The molecule has 0 unspecified atom stereocenters. The maximum atomic E-state index is 13.8. The first kappa shape index (κ1) is 23.1. The molecule has 0 atom stereocenters. The Kier molecular flexibility index (Phi) is 6.93. The first-order valence-electron chi connectivity index (χ1n) is 11.1. The summed E-state index contributed by atoms with van der Waals surface area (Å²) in [6.07, 6.45) is 4.46. The number of aromatic nitrogens is 1. The SMILES string of the molecule is N#C/C(=C\c1cn(CCOc2ccccc2F)c2ccccc12)C(=O)N1CCC(C(N)=O)CC1. The number of likely N-dealkylation sites (tertiary alicyclic amines) is 1. The third-order valence-electron chi connectivity index (χ3n) is 6.08. The fourth-order valence-corrected chi connectivity index (χ4v) is 4.23. The van der Waals surface area contributed by atoms with E-state index in [-0.39, 0.29) is 35.7 Å². The molecular formula is C26H25FN4O3. The molecule has 2 amide bonds. The third kappa shape index (κ3) is 4.94. The van der Waals surface area contributed by atoms with Crippen LogP contribution in [0.15, 0.2) is 60.3 Å². The van der Waals surface area contributed by atoms with Crippen molar-refractivity contribution in [2.24, 2.45) is 11.7 Å². The standard InChI is InChI=1S/C26H25FN4O3/c27-22-6-2-4-8-24(22)34-14-13-31-17-20(21-5-1-3-7-23(21)31)15-19(16-28)26(33)30-11-9-18(10-12-30)25(29)32/h1-8,15,17-18H,9-14H2,(H2,29,32)/b19-15+. The van der Waals surface area contributed by atoms with E-state index in [2.05, 4.69) is 0 Å². The summed E-state index contributed by atoms with van der Waals surface area (Å²) in [6, 6.07) is 15.9. The lowest BCUT2D eigenvalue weighted by atomic mass is 9.96. The van der Waals surface area contributed by atoms with Crippen molar-refractivity contribution in [3.63, 3.8) is 0 Å². The molecule has 1 fully saturated rings. The Balaban J connectivity index is 1.53. The van der Waals surface area contributed by atoms with Crippen LogP contribution in [0.5, 0.6) is 5.75 Å². The van der Waals surface area contributed by atoms with Crippen LogP contribution in [-0.4, -0.2) is 41.0 Å². The van der Waals surface area contributed by atoms with Crippen molar-refractivity contribution < 1.29 is 18.7 Å². The number of hydrogen-bond donors (Lipinski definition) is 1. The van der Waals surface area contributed by atoms with Gasteiger partial charge in [-0.1, -0.05) is 30.3 Å². The smallest absolute Gasteiger partial charge is 0.264 e. The average molecular weight is 461 g/mol. The molecule has 1 saturated heterocycles. The number of nitriles is 1. The lowest BCUT2D eigenvalue weighted by Crippen LogP contribution is -2.42. The van der Waals surface area contributed by atoms with E-state index >= 15 is 0 Å². The number of nitrogens with two attached hydrogens (primary N) is 1. The van der Waals surface area contributed by atoms with Crippen molar-refractivity contribution >= 4 is 28.8 Å². The second-order valence-electron chi connectivity index (χ2n) is 8.21. The fraction of sp³-hybridized carbons (Fsp3) is 0.269. The molecule has 2 aromatic carbocycles. The van der Waals surface area contributed by atoms with Crippen molar-refractivity contribution in [1.29, 1.82) is 5.26 Å². The number of carbonyl (C=O) groups excluding carboxylic acids is 2. The molecule has 1 aliphatic rings. The summed E-state index contributed by atoms with van der Waals surface area (Å²) in [5.74, 6) is -1.17. The quantitative estimate of drug-likeness (QED) is 0.431. The molecule has 174 valence electrons. The van der Waals surface area contributed by atoms with Crippen LogP contribution in [0.25, 0.3) is 17.0 Å². The lowest BCUT2D eigenvalue weighted by Gasteiger charge is -2.30. The van der Waals surface area contributed by atoms with Crippen molar-refractivity contribution in [2.75, 3.05) is 19.7 Å². The van der Waals surface area contributed by atoms with Crippen molar-refractivity contribution in [2.45, 2.75) is 19.4 Å². The Labute approximate surface area is 196 Å². The van der Waals surface area contributed by atoms with E-state index in [4.69, 9.17) is 10.5 Å². The monoisotopic (exact) mass is 460 g/mol. The molecule has 2 N–H and O–H groups in total. The molecular weight excluding hydrogens is 435 g/mol. The topological polar surface area (TPSA) is 101 Å². The zero-order valence-corrected chi connectivity index (χ0v) is 18.6. The molecule has 0 spiro atoms. The average Bonchev–Trinajstić information content (AvgIpc) is 3.20. The highest BCUT2D eigenvalue weighted by atomic mass is 19.1. The van der Waals surface area contributed by atoms with E-state index in [1.807, 2.05) is 41.1 Å². The number of hydrogen-bond acceptors (Lipinski definition) is 4. The van der Waals surface area contributed by atoms with Crippen LogP contribution in [0, 0.1) is 23.1 Å². The Morgan fingerprint density at radius 3 is 2.56 bits per heavy atom. The fourth-order valence-electron chi connectivity index (χ4n) is 4.23. The van der Waals surface area contributed by atoms with Gasteiger partial charge in [-0.05, 0) is 37.1 Å². The van der Waals surface area contributed by atoms with Crippen LogP contribution >= 0.6 is 0 Å². The molecule has 0 radical (unpaired) electrons. The van der Waals surface area contributed by atoms with Crippen LogP contribution in [0.3, 0.4) is 0 Å². The van der Waals surface area contributed by atoms with Gasteiger partial charge in [0.05, 0.1) is 6.54 Å². The van der Waals surface area contributed by atoms with Gasteiger partial charge in [0.1, 0.15) is 18.2 Å². The van der Waals surface area contributed by atoms with Gasteiger partial charge in [-0.15, -0.1) is 0 Å². The van der Waals surface area contributed by atoms with Gasteiger partial charge < -0.3 is 19.9 Å². The summed E-state index contributed by atoms with van der Waals surface area (Å²) in [5.41, 5.74) is 7.05. The number of carbonyl (C=O) groups is 2. The number of primary amides is 1. The van der Waals surface area contributed by atoms with Crippen molar-refractivity contribution in [3.8, 4) is 11.8 Å². The minimum absolute atomic E-state index is 0.0306. The summed E-state index contributed by atoms with van der Waals surface area (Å²) in [5, 5.41) is 10.6. The van der Waals surface area contributed by atoms with Gasteiger partial charge in [-0.2, -0.15) is 5.26 Å². The van der Waals surface area contributed by atoms with Crippen LogP contribution < -0.4 is 10.5 Å². The van der Waals surface area contributed by atoms with Gasteiger partial charge in [0.2, 0.25) is 5.91 Å². The van der Waals surface area contributed by atoms with Crippen LogP contribution in [0.4, 0.5) is 4.39 Å². The zero-order valence-electron chi connectivity index (χ0n) is 18.6. The zero-order chi connectivity index (χ0) is 24.1. The second-order valence-corrected chi connectivity index (χ2v) is 8.21. The molecule has 1 aromatic heterocycles. The first-order chi connectivity index (χ1) is 16.5. The minimum Gasteiger partial charge on any atom is -0.489 e. The van der Waals surface area contributed by atoms with Gasteiger partial charge in [0, 0.05) is 41.7 Å². The number of piperidine rings is 1. The Morgan fingerprint density at radius 2 is 1.85 bits per heavy atom. The number of amides is 2. The van der Waals surface area contributed by atoms with Gasteiger partial charge >= 0.3 is 0 Å². The van der Waals surface area contributed by atoms with E-state index in [9.17, 15) is 19.2 Å². The Bertz CT molecular complexity index is 1280. The van der Waals surface area contributed by atoms with E-state index in [0.29, 0.717) is 32.5 Å². The molecule has 0 saturated carbocycles. The van der Waals surface area contributed by atoms with Gasteiger partial charge in [-0.25, -0.2) is 4.39 Å². The van der Waals surface area contributed by atoms with Crippen molar-refractivity contribution in [1.82, 2.24) is 9.47 Å². The summed E-state index contributed by atoms with van der Waals surface area (Å²) in [7, 11) is 0. The molecule has 3 aromatic rings. The van der Waals surface area contributed by atoms with Gasteiger partial charge in [0.15, 0.2) is 11.6 Å². The lowest BCUT2D eigenvalue weighted by molar-refractivity contribution is -0.131. The molecule has 2 heterocycles. The predicted octanol–water partition coefficient (Wildman–Crippen LogP) is 3.49. The molecule has 8 heteroatoms. The number of ether oxygens (including phenoxy) is 1. The second kappa shape index (κ2) is 10.2. The number of nitrogens with zero attached hydrogens (tertiary/aromatic N) is 3. The Hall–Kier alpha value is -4.12. The molecule has 4 rings (SSSR count). The van der Waals surface area contributed by atoms with Crippen LogP contribution in [0.2, 0.25) is 0 Å². The highest BCUT2D eigenvalue weighted by Gasteiger charge is 2.27. The van der Waals surface area contributed by atoms with E-state index < -0.39 is 5.82 Å². The van der Waals surface area contributed by atoms with Gasteiger partial charge in [0.25, 0.3) is 5.91 Å². The van der Waals surface area contributed by atoms with Crippen LogP contribution in [-0.2, 0) is 16.1 Å². The molecule has 0 bridgehead atoms. The minimum atomic E-state index is -0.416. The molecule has 34 heavy (non-hydrogen) atoms. The number of fused-ring (bicyclic) bond motifs is 1. The normalized spacial score (nSPS) is 14.7. The van der Waals surface area contributed by atoms with E-state index in [0.717, 1.165) is 16.5 Å². The maximum Gasteiger partial charge on any atom is 0.264 e. The van der Waals surface area contributed by atoms with Crippen LogP contribution in [0.1, 0.15) is 18.4 Å². The van der Waals surface area contributed by atoms with Gasteiger partial charge in [-0.3, -0.25) is 9.59 Å². The number of halogens is 1. The van der Waals surface area contributed by atoms with Crippen molar-refractivity contribution in [3.05, 3.63) is 71.7 Å². The summed E-state index contributed by atoms with van der Waals surface area (Å²) < 4.78 is 21.4. The Morgan fingerprint density at radius 1 is 1.15 bits per heavy atom. The summed E-state index contributed by atoms with van der Waals surface area (Å²) in [6.45, 7) is 1.49. The number of rotatable bonds is 7. The highest BCUT2D eigenvalue weighted by Crippen LogP contribution is 2.25. The molecule has 7 nitrogen and oxygen atoms in total. The molecule has 1 aliphatic heterocycles. The maximum absolute atomic E-state index is 13.8. The highest BCUT2D eigenvalue weighted by molar-refractivity contribution is 6.04. The van der Waals surface area contributed by atoms with E-state index in [1.54, 1.807) is 29.2 Å².